The number of aromatic nitrogens is 2. The van der Waals surface area contributed by atoms with Gasteiger partial charge in [-0.15, -0.1) is 10.2 Å². The predicted octanol–water partition coefficient (Wildman–Crippen LogP) is 5.25. The van der Waals surface area contributed by atoms with Crippen molar-refractivity contribution < 1.29 is 4.79 Å². The number of aryl methyl sites for hydroxylation is 2. The second-order valence-corrected chi connectivity index (χ2v) is 8.28. The van der Waals surface area contributed by atoms with E-state index in [2.05, 4.69) is 27.3 Å². The Balaban J connectivity index is 1.41. The first kappa shape index (κ1) is 20.1. The largest absolute Gasteiger partial charge is 0.355 e. The SMILES string of the molecule is Cc1ccc(C(=O)Nc2ccc(-c3ccc(N4CCC(C)CC4)nn3)cc2)cc1C. The van der Waals surface area contributed by atoms with Crippen molar-refractivity contribution in [2.45, 2.75) is 33.6 Å². The number of carbonyl (C=O) groups excluding carboxylic acids is 1. The summed E-state index contributed by atoms with van der Waals surface area (Å²) >= 11 is 0. The number of hydrogen-bond donors (Lipinski definition) is 1. The number of amides is 1. The van der Waals surface area contributed by atoms with Crippen LogP contribution in [0.15, 0.2) is 54.6 Å². The summed E-state index contributed by atoms with van der Waals surface area (Å²) in [7, 11) is 0. The minimum Gasteiger partial charge on any atom is -0.355 e. The molecular formula is C25H28N4O. The van der Waals surface area contributed by atoms with E-state index in [1.807, 2.05) is 68.4 Å². The van der Waals surface area contributed by atoms with Crippen LogP contribution < -0.4 is 10.2 Å². The Morgan fingerprint density at radius 1 is 0.933 bits per heavy atom. The summed E-state index contributed by atoms with van der Waals surface area (Å²) in [5.74, 6) is 1.64. The van der Waals surface area contributed by atoms with Crippen molar-refractivity contribution in [2.75, 3.05) is 23.3 Å². The highest BCUT2D eigenvalue weighted by Gasteiger charge is 2.17. The van der Waals surface area contributed by atoms with Crippen LogP contribution in [0.3, 0.4) is 0 Å². The number of anilines is 2. The Labute approximate surface area is 178 Å². The number of nitrogens with one attached hydrogen (secondary N) is 1. The van der Waals surface area contributed by atoms with Crippen molar-refractivity contribution in [3.8, 4) is 11.3 Å². The summed E-state index contributed by atoms with van der Waals surface area (Å²) in [5, 5.41) is 11.8. The van der Waals surface area contributed by atoms with Crippen LogP contribution in [0.4, 0.5) is 11.5 Å². The molecule has 0 bridgehead atoms. The van der Waals surface area contributed by atoms with Gasteiger partial charge in [0.2, 0.25) is 0 Å². The van der Waals surface area contributed by atoms with Crippen molar-refractivity contribution in [1.82, 2.24) is 10.2 Å². The lowest BCUT2D eigenvalue weighted by Crippen LogP contribution is -2.33. The zero-order valence-corrected chi connectivity index (χ0v) is 17.9. The van der Waals surface area contributed by atoms with Gasteiger partial charge in [0.15, 0.2) is 5.82 Å². The molecule has 154 valence electrons. The maximum Gasteiger partial charge on any atom is 0.255 e. The fraction of sp³-hybridized carbons (Fsp3) is 0.320. The summed E-state index contributed by atoms with van der Waals surface area (Å²) in [6.07, 6.45) is 2.41. The first-order chi connectivity index (χ1) is 14.5. The molecule has 0 spiro atoms. The van der Waals surface area contributed by atoms with E-state index < -0.39 is 0 Å². The molecule has 30 heavy (non-hydrogen) atoms. The molecule has 2 aromatic carbocycles. The highest BCUT2D eigenvalue weighted by molar-refractivity contribution is 6.04. The Morgan fingerprint density at radius 3 is 2.30 bits per heavy atom. The van der Waals surface area contributed by atoms with Crippen molar-refractivity contribution in [3.05, 3.63) is 71.3 Å². The fourth-order valence-corrected chi connectivity index (χ4v) is 3.70. The quantitative estimate of drug-likeness (QED) is 0.650. The van der Waals surface area contributed by atoms with Crippen molar-refractivity contribution >= 4 is 17.4 Å². The second kappa shape index (κ2) is 8.66. The summed E-state index contributed by atoms with van der Waals surface area (Å²) in [5.41, 5.74) is 5.52. The summed E-state index contributed by atoms with van der Waals surface area (Å²) in [6, 6.07) is 17.5. The zero-order valence-electron chi connectivity index (χ0n) is 17.9. The summed E-state index contributed by atoms with van der Waals surface area (Å²) < 4.78 is 0. The van der Waals surface area contributed by atoms with Gasteiger partial charge in [-0.3, -0.25) is 4.79 Å². The van der Waals surface area contributed by atoms with Gasteiger partial charge < -0.3 is 10.2 Å². The van der Waals surface area contributed by atoms with E-state index in [9.17, 15) is 4.79 Å². The number of carbonyl (C=O) groups is 1. The average Bonchev–Trinajstić information content (AvgIpc) is 2.77. The minimum absolute atomic E-state index is 0.106. The van der Waals surface area contributed by atoms with Crippen LogP contribution in [-0.4, -0.2) is 29.2 Å². The maximum absolute atomic E-state index is 12.5. The monoisotopic (exact) mass is 400 g/mol. The molecule has 1 amide bonds. The van der Waals surface area contributed by atoms with E-state index in [1.54, 1.807) is 0 Å². The third kappa shape index (κ3) is 4.51. The molecular weight excluding hydrogens is 372 g/mol. The standard InChI is InChI=1S/C25H28N4O/c1-17-12-14-29(15-13-17)24-11-10-23(27-28-24)20-6-8-22(9-7-20)26-25(30)21-5-4-18(2)19(3)16-21/h4-11,16-17H,12-15H2,1-3H3,(H,26,30). The van der Waals surface area contributed by atoms with Gasteiger partial charge in [0.25, 0.3) is 5.91 Å². The molecule has 1 aliphatic heterocycles. The maximum atomic E-state index is 12.5. The van der Waals surface area contributed by atoms with E-state index in [0.717, 1.165) is 47.3 Å². The highest BCUT2D eigenvalue weighted by atomic mass is 16.1. The van der Waals surface area contributed by atoms with Crippen LogP contribution in [0.25, 0.3) is 11.3 Å². The molecule has 4 rings (SSSR count). The smallest absolute Gasteiger partial charge is 0.255 e. The first-order valence-corrected chi connectivity index (χ1v) is 10.6. The molecule has 1 aromatic heterocycles. The molecule has 1 fully saturated rings. The number of nitrogens with zero attached hydrogens (tertiary/aromatic N) is 3. The molecule has 1 aliphatic rings. The zero-order chi connectivity index (χ0) is 21.1. The van der Waals surface area contributed by atoms with Gasteiger partial charge in [0.1, 0.15) is 0 Å². The Morgan fingerprint density at radius 2 is 1.67 bits per heavy atom. The highest BCUT2D eigenvalue weighted by Crippen LogP contribution is 2.24. The number of rotatable bonds is 4. The topological polar surface area (TPSA) is 58.1 Å². The molecule has 2 heterocycles. The van der Waals surface area contributed by atoms with E-state index in [-0.39, 0.29) is 5.91 Å². The van der Waals surface area contributed by atoms with Crippen LogP contribution >= 0.6 is 0 Å². The van der Waals surface area contributed by atoms with E-state index in [1.165, 1.54) is 18.4 Å². The fourth-order valence-electron chi connectivity index (χ4n) is 3.70. The lowest BCUT2D eigenvalue weighted by atomic mass is 9.99. The lowest BCUT2D eigenvalue weighted by Gasteiger charge is -2.30. The van der Waals surface area contributed by atoms with Gasteiger partial charge in [0, 0.05) is 29.9 Å². The third-order valence-corrected chi connectivity index (χ3v) is 5.97. The minimum atomic E-state index is -0.106. The van der Waals surface area contributed by atoms with E-state index >= 15 is 0 Å². The van der Waals surface area contributed by atoms with Crippen LogP contribution in [0, 0.1) is 19.8 Å². The first-order valence-electron chi connectivity index (χ1n) is 10.6. The Hall–Kier alpha value is -3.21. The number of piperidine rings is 1. The molecule has 1 N–H and O–H groups in total. The van der Waals surface area contributed by atoms with E-state index in [4.69, 9.17) is 0 Å². The van der Waals surface area contributed by atoms with Crippen LogP contribution in [0.1, 0.15) is 41.3 Å². The molecule has 0 radical (unpaired) electrons. The molecule has 0 saturated carbocycles. The molecule has 1 saturated heterocycles. The molecule has 0 atom stereocenters. The number of benzene rings is 2. The Kier molecular flexibility index (Phi) is 5.79. The molecule has 0 aliphatic carbocycles. The van der Waals surface area contributed by atoms with Crippen LogP contribution in [0.5, 0.6) is 0 Å². The molecule has 0 unspecified atom stereocenters. The van der Waals surface area contributed by atoms with Crippen LogP contribution in [-0.2, 0) is 0 Å². The molecule has 5 nitrogen and oxygen atoms in total. The van der Waals surface area contributed by atoms with Gasteiger partial charge in [0.05, 0.1) is 5.69 Å². The average molecular weight is 401 g/mol. The van der Waals surface area contributed by atoms with E-state index in [0.29, 0.717) is 5.56 Å². The van der Waals surface area contributed by atoms with Crippen molar-refractivity contribution in [1.29, 1.82) is 0 Å². The number of hydrogen-bond acceptors (Lipinski definition) is 4. The summed E-state index contributed by atoms with van der Waals surface area (Å²) in [4.78, 5) is 14.8. The molecule has 5 heteroatoms. The lowest BCUT2D eigenvalue weighted by molar-refractivity contribution is 0.102. The predicted molar refractivity (Wildman–Crippen MR) is 122 cm³/mol. The second-order valence-electron chi connectivity index (χ2n) is 8.28. The Bertz CT molecular complexity index is 1020. The van der Waals surface area contributed by atoms with Crippen molar-refractivity contribution in [3.63, 3.8) is 0 Å². The van der Waals surface area contributed by atoms with Gasteiger partial charge in [-0.2, -0.15) is 0 Å². The van der Waals surface area contributed by atoms with Crippen molar-refractivity contribution in [2.24, 2.45) is 5.92 Å². The van der Waals surface area contributed by atoms with Crippen LogP contribution in [0.2, 0.25) is 0 Å². The van der Waals surface area contributed by atoms with Gasteiger partial charge in [-0.05, 0) is 80.1 Å². The normalized spacial score (nSPS) is 14.6. The molecule has 3 aromatic rings. The third-order valence-electron chi connectivity index (χ3n) is 5.97. The van der Waals surface area contributed by atoms with Gasteiger partial charge in [-0.25, -0.2) is 0 Å². The van der Waals surface area contributed by atoms with Gasteiger partial charge in [-0.1, -0.05) is 25.1 Å². The summed E-state index contributed by atoms with van der Waals surface area (Å²) in [6.45, 7) is 8.45. The van der Waals surface area contributed by atoms with Gasteiger partial charge >= 0.3 is 0 Å².